The van der Waals surface area contributed by atoms with Crippen LogP contribution in [0.4, 0.5) is 5.69 Å². The van der Waals surface area contributed by atoms with Crippen molar-refractivity contribution in [2.24, 2.45) is 0 Å². The zero-order valence-electron chi connectivity index (χ0n) is 18.0. The number of nitrogens with zero attached hydrogens (tertiary/aromatic N) is 3. The van der Waals surface area contributed by atoms with Gasteiger partial charge in [-0.05, 0) is 49.1 Å². The van der Waals surface area contributed by atoms with Crippen LogP contribution in [-0.2, 0) is 20.9 Å². The number of hydrogen-bond donors (Lipinski definition) is 3. The van der Waals surface area contributed by atoms with Crippen LogP contribution in [0, 0.1) is 0 Å². The Morgan fingerprint density at radius 2 is 1.53 bits per heavy atom. The molecule has 2 saturated heterocycles. The van der Waals surface area contributed by atoms with Crippen molar-refractivity contribution >= 4 is 24.5 Å². The minimum atomic E-state index is -0.476. The number of aromatic nitrogens is 1. The van der Waals surface area contributed by atoms with Crippen molar-refractivity contribution in [3.05, 3.63) is 60.4 Å². The van der Waals surface area contributed by atoms with Crippen LogP contribution in [0.3, 0.4) is 0 Å². The molecule has 0 aliphatic carbocycles. The molecule has 9 heteroatoms. The highest BCUT2D eigenvalue weighted by molar-refractivity contribution is 5.90. The zero-order valence-corrected chi connectivity index (χ0v) is 18.0. The van der Waals surface area contributed by atoms with Gasteiger partial charge in [0.05, 0.1) is 0 Å². The highest BCUT2D eigenvalue weighted by Crippen LogP contribution is 2.31. The van der Waals surface area contributed by atoms with Crippen LogP contribution in [0.1, 0.15) is 24.8 Å². The van der Waals surface area contributed by atoms with Crippen molar-refractivity contribution in [3.63, 3.8) is 0 Å². The first-order chi connectivity index (χ1) is 15.6. The lowest BCUT2D eigenvalue weighted by molar-refractivity contribution is -0.141. The smallest absolute Gasteiger partial charge is 0.290 e. The standard InChI is InChI=1S/C21H26N4O.2CH2O2/c26-20(25-13-4-14-25)21(23-19-5-2-1-3-6-19)9-15-24(16-10-21)17-18-7-11-22-12-8-18;2*2-1-3/h1-3,5-8,11-12,23H,4,9-10,13-17H2;2*1H,(H,2,3). The number of pyridine rings is 1. The van der Waals surface area contributed by atoms with Gasteiger partial charge in [-0.1, -0.05) is 18.2 Å². The summed E-state index contributed by atoms with van der Waals surface area (Å²) in [4.78, 5) is 38.5. The highest BCUT2D eigenvalue weighted by Gasteiger charge is 2.44. The van der Waals surface area contributed by atoms with Crippen molar-refractivity contribution in [2.45, 2.75) is 31.3 Å². The van der Waals surface area contributed by atoms with E-state index in [1.165, 1.54) is 5.56 Å². The highest BCUT2D eigenvalue weighted by atomic mass is 16.3. The second kappa shape index (κ2) is 13.1. The summed E-state index contributed by atoms with van der Waals surface area (Å²) in [5.74, 6) is 0.274. The van der Waals surface area contributed by atoms with Gasteiger partial charge in [-0.25, -0.2) is 0 Å². The van der Waals surface area contributed by atoms with E-state index >= 15 is 0 Å². The fourth-order valence-electron chi connectivity index (χ4n) is 3.85. The second-order valence-electron chi connectivity index (χ2n) is 7.56. The van der Waals surface area contributed by atoms with Gasteiger partial charge in [0.15, 0.2) is 0 Å². The average molecular weight is 443 g/mol. The summed E-state index contributed by atoms with van der Waals surface area (Å²) >= 11 is 0. The first-order valence-electron chi connectivity index (χ1n) is 10.5. The van der Waals surface area contributed by atoms with Crippen molar-refractivity contribution in [3.8, 4) is 0 Å². The largest absolute Gasteiger partial charge is 0.483 e. The van der Waals surface area contributed by atoms with E-state index in [0.29, 0.717) is 0 Å². The molecule has 0 unspecified atom stereocenters. The lowest BCUT2D eigenvalue weighted by Gasteiger charge is -2.46. The summed E-state index contributed by atoms with van der Waals surface area (Å²) < 4.78 is 0. The van der Waals surface area contributed by atoms with E-state index in [0.717, 1.165) is 57.7 Å². The van der Waals surface area contributed by atoms with Crippen molar-refractivity contribution in [2.75, 3.05) is 31.5 Å². The molecular weight excluding hydrogens is 412 g/mol. The monoisotopic (exact) mass is 442 g/mol. The number of benzene rings is 1. The van der Waals surface area contributed by atoms with Gasteiger partial charge in [-0.2, -0.15) is 0 Å². The number of hydrogen-bond acceptors (Lipinski definition) is 6. The molecule has 0 spiro atoms. The van der Waals surface area contributed by atoms with Crippen LogP contribution in [-0.4, -0.2) is 75.6 Å². The fraction of sp³-hybridized carbons (Fsp3) is 0.391. The third-order valence-electron chi connectivity index (χ3n) is 5.58. The van der Waals surface area contributed by atoms with Gasteiger partial charge < -0.3 is 20.4 Å². The number of piperidine rings is 1. The number of amides is 1. The van der Waals surface area contributed by atoms with Crippen LogP contribution in [0.15, 0.2) is 54.9 Å². The summed E-state index contributed by atoms with van der Waals surface area (Å²) in [5, 5.41) is 17.4. The molecule has 4 rings (SSSR count). The number of carbonyl (C=O) groups excluding carboxylic acids is 1. The minimum absolute atomic E-state index is 0.250. The van der Waals surface area contributed by atoms with Crippen molar-refractivity contribution in [1.82, 2.24) is 14.8 Å². The molecule has 2 aliphatic rings. The van der Waals surface area contributed by atoms with Gasteiger partial charge >= 0.3 is 0 Å². The van der Waals surface area contributed by atoms with Crippen LogP contribution in [0.2, 0.25) is 0 Å². The predicted octanol–water partition coefficient (Wildman–Crippen LogP) is 2.16. The van der Waals surface area contributed by atoms with E-state index in [1.807, 2.05) is 35.5 Å². The van der Waals surface area contributed by atoms with Crippen LogP contribution in [0.25, 0.3) is 0 Å². The van der Waals surface area contributed by atoms with E-state index in [2.05, 4.69) is 39.5 Å². The minimum Gasteiger partial charge on any atom is -0.483 e. The number of para-hydroxylation sites is 1. The van der Waals surface area contributed by atoms with Crippen LogP contribution >= 0.6 is 0 Å². The zero-order chi connectivity index (χ0) is 23.2. The molecule has 0 saturated carbocycles. The van der Waals surface area contributed by atoms with Crippen LogP contribution < -0.4 is 5.32 Å². The first-order valence-corrected chi connectivity index (χ1v) is 10.5. The van der Waals surface area contributed by atoms with Gasteiger partial charge in [-0.15, -0.1) is 0 Å². The average Bonchev–Trinajstić information content (AvgIpc) is 2.77. The summed E-state index contributed by atoms with van der Waals surface area (Å²) in [5.41, 5.74) is 1.83. The predicted molar refractivity (Wildman–Crippen MR) is 120 cm³/mol. The number of nitrogens with one attached hydrogen (secondary N) is 1. The molecule has 172 valence electrons. The van der Waals surface area contributed by atoms with E-state index in [1.54, 1.807) is 0 Å². The lowest BCUT2D eigenvalue weighted by atomic mass is 9.84. The normalized spacial score (nSPS) is 16.7. The Kier molecular flexibility index (Phi) is 10.1. The Labute approximate surface area is 187 Å². The van der Waals surface area contributed by atoms with Gasteiger partial charge in [-0.3, -0.25) is 24.3 Å². The molecule has 3 N–H and O–H groups in total. The molecule has 0 atom stereocenters. The number of likely N-dealkylation sites (tertiary alicyclic amines) is 2. The number of carbonyl (C=O) groups is 3. The molecule has 9 nitrogen and oxygen atoms in total. The second-order valence-corrected chi connectivity index (χ2v) is 7.56. The number of anilines is 1. The quantitative estimate of drug-likeness (QED) is 0.602. The number of rotatable bonds is 5. The maximum atomic E-state index is 13.2. The van der Waals surface area contributed by atoms with Crippen molar-refractivity contribution < 1.29 is 24.6 Å². The van der Waals surface area contributed by atoms with E-state index < -0.39 is 5.54 Å². The molecule has 2 fully saturated rings. The van der Waals surface area contributed by atoms with Crippen LogP contribution in [0.5, 0.6) is 0 Å². The first kappa shape index (κ1) is 24.8. The maximum Gasteiger partial charge on any atom is 0.290 e. The van der Waals surface area contributed by atoms with E-state index in [4.69, 9.17) is 19.8 Å². The molecule has 1 aromatic carbocycles. The van der Waals surface area contributed by atoms with Gasteiger partial charge in [0.2, 0.25) is 5.91 Å². The Morgan fingerprint density at radius 1 is 0.969 bits per heavy atom. The Hall–Kier alpha value is -3.46. The third kappa shape index (κ3) is 7.05. The fourth-order valence-corrected chi connectivity index (χ4v) is 3.85. The molecule has 2 aliphatic heterocycles. The van der Waals surface area contributed by atoms with Crippen molar-refractivity contribution in [1.29, 1.82) is 0 Å². The molecule has 32 heavy (non-hydrogen) atoms. The number of carboxylic acid groups (broad SMARTS) is 2. The Morgan fingerprint density at radius 3 is 2.03 bits per heavy atom. The summed E-state index contributed by atoms with van der Waals surface area (Å²) in [7, 11) is 0. The Bertz CT molecular complexity index is 817. The lowest BCUT2D eigenvalue weighted by Crippen LogP contribution is -2.61. The molecule has 0 radical (unpaired) electrons. The summed E-state index contributed by atoms with van der Waals surface area (Å²) in [6.07, 6.45) is 6.48. The topological polar surface area (TPSA) is 123 Å². The van der Waals surface area contributed by atoms with Gasteiger partial charge in [0.25, 0.3) is 12.9 Å². The Balaban J connectivity index is 0.000000547. The maximum absolute atomic E-state index is 13.2. The van der Waals surface area contributed by atoms with Gasteiger partial charge in [0.1, 0.15) is 5.54 Å². The molecule has 1 amide bonds. The SMILES string of the molecule is O=C(N1CCC1)C1(Nc2ccccc2)CCN(Cc2ccncc2)CC1.O=CO.O=CO. The molecular formula is C23H30N4O5. The summed E-state index contributed by atoms with van der Waals surface area (Å²) in [6.45, 7) is 4.06. The molecule has 1 aromatic heterocycles. The van der Waals surface area contributed by atoms with E-state index in [9.17, 15) is 4.79 Å². The van der Waals surface area contributed by atoms with E-state index in [-0.39, 0.29) is 18.9 Å². The molecule has 2 aromatic rings. The summed E-state index contributed by atoms with van der Waals surface area (Å²) in [6, 6.07) is 14.3. The third-order valence-corrected chi connectivity index (χ3v) is 5.58. The van der Waals surface area contributed by atoms with Gasteiger partial charge in [0, 0.05) is 50.8 Å². The molecule has 3 heterocycles. The molecule has 0 bridgehead atoms.